The van der Waals surface area contributed by atoms with Crippen molar-refractivity contribution in [2.75, 3.05) is 11.5 Å². The first kappa shape index (κ1) is 37.2. The van der Waals surface area contributed by atoms with Crippen LogP contribution < -0.4 is 15.0 Å². The van der Waals surface area contributed by atoms with Crippen molar-refractivity contribution in [2.24, 2.45) is 35.5 Å². The van der Waals surface area contributed by atoms with E-state index < -0.39 is 35.5 Å². The number of esters is 2. The number of benzene rings is 2. The summed E-state index contributed by atoms with van der Waals surface area (Å²) in [5, 5.41) is 2.34. The number of hydrogen-bond acceptors (Lipinski definition) is 8. The van der Waals surface area contributed by atoms with Gasteiger partial charge in [-0.05, 0) is 96.4 Å². The van der Waals surface area contributed by atoms with E-state index in [-0.39, 0.29) is 48.1 Å². The van der Waals surface area contributed by atoms with E-state index in [1.54, 1.807) is 36.4 Å². The molecule has 0 radical (unpaired) electrons. The summed E-state index contributed by atoms with van der Waals surface area (Å²) in [5.41, 5.74) is 2.70. The Labute approximate surface area is 305 Å². The van der Waals surface area contributed by atoms with Crippen molar-refractivity contribution in [3.63, 3.8) is 0 Å². The number of fused-ring (bicyclic) bond motifs is 3. The minimum atomic E-state index is -0.763. The summed E-state index contributed by atoms with van der Waals surface area (Å²) in [6, 6.07) is 12.5. The number of carbonyl (C=O) groups is 6. The lowest BCUT2D eigenvalue weighted by Gasteiger charge is -2.28. The summed E-state index contributed by atoms with van der Waals surface area (Å²) >= 11 is 0. The number of piperidine rings is 1. The third-order valence-electron chi connectivity index (χ3n) is 11.4. The van der Waals surface area contributed by atoms with Gasteiger partial charge in [0.25, 0.3) is 0 Å². The average molecular weight is 711 g/mol. The Kier molecular flexibility index (Phi) is 11.1. The van der Waals surface area contributed by atoms with E-state index in [1.165, 1.54) is 30.2 Å². The van der Waals surface area contributed by atoms with Crippen LogP contribution in [0.4, 0.5) is 5.69 Å². The number of nitrogens with zero attached hydrogens (tertiary/aromatic N) is 1. The van der Waals surface area contributed by atoms with Gasteiger partial charge in [-0.15, -0.1) is 0 Å². The third kappa shape index (κ3) is 8.06. The smallest absolute Gasteiger partial charge is 0.330 e. The van der Waals surface area contributed by atoms with Crippen LogP contribution in [0.3, 0.4) is 0 Å². The van der Waals surface area contributed by atoms with Gasteiger partial charge >= 0.3 is 11.9 Å². The highest BCUT2D eigenvalue weighted by molar-refractivity contribution is 6.23. The van der Waals surface area contributed by atoms with Crippen LogP contribution in [0.25, 0.3) is 6.08 Å². The van der Waals surface area contributed by atoms with E-state index in [4.69, 9.17) is 9.47 Å². The highest BCUT2D eigenvalue weighted by atomic mass is 16.5. The molecule has 2 saturated carbocycles. The molecule has 4 fully saturated rings. The maximum absolute atomic E-state index is 13.6. The van der Waals surface area contributed by atoms with Crippen LogP contribution in [-0.2, 0) is 45.3 Å². The molecule has 2 aromatic carbocycles. The van der Waals surface area contributed by atoms with E-state index in [0.29, 0.717) is 24.3 Å². The molecule has 4 atom stereocenters. The molecule has 10 nitrogen and oxygen atoms in total. The summed E-state index contributed by atoms with van der Waals surface area (Å²) in [5.74, 6) is -3.38. The molecule has 2 aliphatic carbocycles. The molecule has 0 bridgehead atoms. The van der Waals surface area contributed by atoms with Gasteiger partial charge in [0.05, 0.1) is 36.0 Å². The first-order chi connectivity index (χ1) is 24.8. The van der Waals surface area contributed by atoms with Crippen LogP contribution in [-0.4, -0.2) is 42.2 Å². The third-order valence-corrected chi connectivity index (χ3v) is 11.4. The van der Waals surface area contributed by atoms with Crippen molar-refractivity contribution < 1.29 is 38.2 Å². The van der Waals surface area contributed by atoms with Crippen LogP contribution >= 0.6 is 0 Å². The Morgan fingerprint density at radius 2 is 1.67 bits per heavy atom. The second-order valence-electron chi connectivity index (χ2n) is 16.0. The van der Waals surface area contributed by atoms with E-state index in [2.05, 4.69) is 12.2 Å². The summed E-state index contributed by atoms with van der Waals surface area (Å²) in [6.07, 6.45) is 11.6. The molecule has 4 aliphatic rings. The van der Waals surface area contributed by atoms with Gasteiger partial charge in [0.2, 0.25) is 23.6 Å². The van der Waals surface area contributed by atoms with Gasteiger partial charge in [0.1, 0.15) is 5.75 Å². The van der Waals surface area contributed by atoms with Crippen LogP contribution in [0.15, 0.2) is 48.5 Å². The standard InChI is InChI=1S/C42H50N2O8/c1-5-6-7-25-8-13-28(14-9-25)41(50)52-31-17-10-26(11-18-31)12-19-35(46)51-21-20-27-15-16-30(24-33(27)42(2,3)4)44-39(48)32-22-29-23-34(45)43-38(47)36(29)37(32)40(44)49/h10-12,15-19,24-25,28-29,32,36-37H,5-9,13-14,20-23H2,1-4H3,(H,43,45,47)/b19-12+. The molecule has 6 rings (SSSR count). The molecule has 4 unspecified atom stereocenters. The number of ether oxygens (including phenoxy) is 2. The zero-order valence-electron chi connectivity index (χ0n) is 30.7. The van der Waals surface area contributed by atoms with Crippen LogP contribution in [0.5, 0.6) is 5.75 Å². The fourth-order valence-electron chi connectivity index (χ4n) is 8.64. The number of imide groups is 2. The Hall–Kier alpha value is -4.60. The average Bonchev–Trinajstić information content (AvgIpc) is 3.61. The monoisotopic (exact) mass is 710 g/mol. The summed E-state index contributed by atoms with van der Waals surface area (Å²) < 4.78 is 11.2. The lowest BCUT2D eigenvalue weighted by Crippen LogP contribution is -2.48. The first-order valence-electron chi connectivity index (χ1n) is 18.9. The zero-order valence-corrected chi connectivity index (χ0v) is 30.7. The predicted molar refractivity (Wildman–Crippen MR) is 195 cm³/mol. The van der Waals surface area contributed by atoms with Gasteiger partial charge in [0, 0.05) is 18.9 Å². The summed E-state index contributed by atoms with van der Waals surface area (Å²) in [7, 11) is 0. The maximum atomic E-state index is 13.6. The first-order valence-corrected chi connectivity index (χ1v) is 18.9. The molecule has 1 N–H and O–H groups in total. The number of nitrogens with one attached hydrogen (secondary N) is 1. The molecule has 52 heavy (non-hydrogen) atoms. The van der Waals surface area contributed by atoms with E-state index in [1.807, 2.05) is 32.9 Å². The molecule has 0 aromatic heterocycles. The number of unbranched alkanes of at least 4 members (excludes halogenated alkanes) is 1. The van der Waals surface area contributed by atoms with Crippen molar-refractivity contribution in [3.8, 4) is 5.75 Å². The van der Waals surface area contributed by atoms with Gasteiger partial charge in [-0.2, -0.15) is 0 Å². The van der Waals surface area contributed by atoms with Gasteiger partial charge in [-0.3, -0.25) is 34.2 Å². The van der Waals surface area contributed by atoms with Crippen molar-refractivity contribution in [3.05, 3.63) is 65.2 Å². The fourth-order valence-corrected chi connectivity index (χ4v) is 8.64. The predicted octanol–water partition coefficient (Wildman–Crippen LogP) is 6.47. The molecule has 2 aromatic rings. The Balaban J connectivity index is 1.01. The fraction of sp³-hybridized carbons (Fsp3) is 0.524. The van der Waals surface area contributed by atoms with Gasteiger partial charge < -0.3 is 9.47 Å². The Bertz CT molecular complexity index is 1750. The highest BCUT2D eigenvalue weighted by Gasteiger charge is 2.61. The second-order valence-corrected chi connectivity index (χ2v) is 16.0. The lowest BCUT2D eigenvalue weighted by molar-refractivity contribution is -0.142. The molecule has 4 amide bonds. The van der Waals surface area contributed by atoms with Crippen LogP contribution in [0, 0.1) is 35.5 Å². The molecule has 10 heteroatoms. The number of rotatable bonds is 11. The van der Waals surface area contributed by atoms with Gasteiger partial charge in [0.15, 0.2) is 0 Å². The topological polar surface area (TPSA) is 136 Å². The maximum Gasteiger partial charge on any atom is 0.330 e. The number of carbonyl (C=O) groups excluding carboxylic acids is 6. The van der Waals surface area contributed by atoms with Gasteiger partial charge in [-0.1, -0.05) is 65.2 Å². The largest absolute Gasteiger partial charge is 0.462 e. The van der Waals surface area contributed by atoms with Crippen molar-refractivity contribution >= 4 is 47.3 Å². The van der Waals surface area contributed by atoms with E-state index in [0.717, 1.165) is 48.3 Å². The van der Waals surface area contributed by atoms with Crippen molar-refractivity contribution in [2.45, 2.75) is 97.3 Å². The van der Waals surface area contributed by atoms with Crippen molar-refractivity contribution in [1.29, 1.82) is 0 Å². The molecular formula is C42H50N2O8. The molecular weight excluding hydrogens is 660 g/mol. The summed E-state index contributed by atoms with van der Waals surface area (Å²) in [6.45, 7) is 8.44. The van der Waals surface area contributed by atoms with Crippen LogP contribution in [0.1, 0.15) is 102 Å². The number of hydrogen-bond donors (Lipinski definition) is 1. The van der Waals surface area contributed by atoms with E-state index >= 15 is 0 Å². The second kappa shape index (κ2) is 15.6. The Morgan fingerprint density at radius 1 is 0.942 bits per heavy atom. The highest BCUT2D eigenvalue weighted by Crippen LogP contribution is 2.51. The molecule has 2 saturated heterocycles. The minimum Gasteiger partial charge on any atom is -0.462 e. The molecule has 0 spiro atoms. The molecule has 276 valence electrons. The number of anilines is 1. The van der Waals surface area contributed by atoms with Crippen LogP contribution in [0.2, 0.25) is 0 Å². The Morgan fingerprint density at radius 3 is 2.37 bits per heavy atom. The molecule has 2 aliphatic heterocycles. The van der Waals surface area contributed by atoms with E-state index in [9.17, 15) is 28.8 Å². The molecule has 2 heterocycles. The zero-order chi connectivity index (χ0) is 37.2. The summed E-state index contributed by atoms with van der Waals surface area (Å²) in [4.78, 5) is 78.3. The lowest BCUT2D eigenvalue weighted by atomic mass is 9.80. The normalized spacial score (nSPS) is 26.0. The van der Waals surface area contributed by atoms with Crippen molar-refractivity contribution in [1.82, 2.24) is 5.32 Å². The number of amides is 4. The quantitative estimate of drug-likeness (QED) is 0.121. The minimum absolute atomic E-state index is 0.0480. The SMILES string of the molecule is CCCCC1CCC(C(=O)Oc2ccc(/C=C/C(=O)OCCc3ccc(N4C(=O)C5CC6CC(=O)NC(=O)C6C5C4=O)cc3C(C)(C)C)cc2)CC1. The van der Waals surface area contributed by atoms with Gasteiger partial charge in [-0.25, -0.2) is 4.79 Å².